The molecule has 2 bridgehead atoms. The zero-order chi connectivity index (χ0) is 12.9. The first-order chi connectivity index (χ1) is 9.32. The van der Waals surface area contributed by atoms with Crippen LogP contribution in [0.5, 0.6) is 0 Å². The van der Waals surface area contributed by atoms with E-state index in [1.807, 2.05) is 11.3 Å². The van der Waals surface area contributed by atoms with Crippen molar-refractivity contribution in [2.45, 2.75) is 44.1 Å². The molecule has 0 spiro atoms. The maximum Gasteiger partial charge on any atom is 0.115 e. The Hall–Kier alpha value is -0.450. The van der Waals surface area contributed by atoms with Crippen molar-refractivity contribution in [3.8, 4) is 0 Å². The van der Waals surface area contributed by atoms with Crippen LogP contribution in [0.3, 0.4) is 0 Å². The molecule has 1 N–H and O–H groups in total. The molecule has 1 aromatic heterocycles. The van der Waals surface area contributed by atoms with Gasteiger partial charge < -0.3 is 10.2 Å². The van der Waals surface area contributed by atoms with Gasteiger partial charge in [-0.2, -0.15) is 0 Å². The van der Waals surface area contributed by atoms with Gasteiger partial charge in [-0.05, 0) is 64.6 Å². The van der Waals surface area contributed by atoms with Crippen molar-refractivity contribution in [2.24, 2.45) is 5.92 Å². The van der Waals surface area contributed by atoms with Crippen LogP contribution in [0.1, 0.15) is 41.3 Å². The van der Waals surface area contributed by atoms with Gasteiger partial charge in [0, 0.05) is 11.4 Å². The molecule has 3 aliphatic heterocycles. The quantitative estimate of drug-likeness (QED) is 0.898. The van der Waals surface area contributed by atoms with Crippen LogP contribution in [-0.2, 0) is 18.4 Å². The largest absolute Gasteiger partial charge is 0.307 e. The molecular weight excluding hydrogens is 254 g/mol. The molecule has 4 heterocycles. The van der Waals surface area contributed by atoms with Crippen LogP contribution in [-0.4, -0.2) is 36.6 Å². The van der Waals surface area contributed by atoms with Crippen molar-refractivity contribution >= 4 is 11.3 Å². The third kappa shape index (κ3) is 1.80. The molecule has 1 atom stereocenters. The van der Waals surface area contributed by atoms with Crippen LogP contribution >= 0.6 is 11.3 Å². The van der Waals surface area contributed by atoms with E-state index >= 15 is 0 Å². The zero-order valence-corrected chi connectivity index (χ0v) is 12.6. The van der Waals surface area contributed by atoms with Crippen LogP contribution in [0, 0.1) is 5.92 Å². The maximum atomic E-state index is 5.07. The number of rotatable bonds is 2. The lowest BCUT2D eigenvalue weighted by atomic mass is 9.73. The molecule has 3 nitrogen and oxygen atoms in total. The Labute approximate surface area is 119 Å². The molecule has 4 aliphatic rings. The van der Waals surface area contributed by atoms with Gasteiger partial charge in [0.2, 0.25) is 0 Å². The van der Waals surface area contributed by atoms with Crippen LogP contribution < -0.4 is 5.32 Å². The minimum Gasteiger partial charge on any atom is -0.307 e. The van der Waals surface area contributed by atoms with Crippen molar-refractivity contribution < 1.29 is 0 Å². The fourth-order valence-corrected chi connectivity index (χ4v) is 5.66. The fourth-order valence-electron chi connectivity index (χ4n) is 4.24. The average Bonchev–Trinajstić information content (AvgIpc) is 2.92. The van der Waals surface area contributed by atoms with Gasteiger partial charge >= 0.3 is 0 Å². The number of aryl methyl sites for hydroxylation is 2. The Morgan fingerprint density at radius 2 is 2.05 bits per heavy atom. The van der Waals surface area contributed by atoms with Crippen LogP contribution in [0.4, 0.5) is 0 Å². The summed E-state index contributed by atoms with van der Waals surface area (Å²) in [6, 6.07) is 0. The Bertz CT molecular complexity index is 452. The lowest BCUT2D eigenvalue weighted by Gasteiger charge is -2.52. The molecule has 3 fully saturated rings. The summed E-state index contributed by atoms with van der Waals surface area (Å²) in [7, 11) is 2.14. The summed E-state index contributed by atoms with van der Waals surface area (Å²) in [6.07, 6.45) is 7.84. The Kier molecular flexibility index (Phi) is 2.94. The van der Waals surface area contributed by atoms with Gasteiger partial charge in [0.15, 0.2) is 0 Å². The molecule has 0 radical (unpaired) electrons. The van der Waals surface area contributed by atoms with Crippen LogP contribution in [0.15, 0.2) is 0 Å². The van der Waals surface area contributed by atoms with E-state index in [0.29, 0.717) is 0 Å². The highest BCUT2D eigenvalue weighted by molar-refractivity contribution is 7.11. The Balaban J connectivity index is 1.74. The number of hydrogen-bond acceptors (Lipinski definition) is 4. The van der Waals surface area contributed by atoms with Crippen LogP contribution in [0.25, 0.3) is 0 Å². The summed E-state index contributed by atoms with van der Waals surface area (Å²) >= 11 is 2.00. The van der Waals surface area contributed by atoms with Gasteiger partial charge in [0.05, 0.1) is 11.2 Å². The summed E-state index contributed by atoms with van der Waals surface area (Å²) in [4.78, 5) is 9.26. The number of nitrogens with one attached hydrogen (secondary N) is 1. The van der Waals surface area contributed by atoms with E-state index in [4.69, 9.17) is 4.98 Å². The number of fused-ring (bicyclic) bond motifs is 4. The number of thiazole rings is 1. The summed E-state index contributed by atoms with van der Waals surface area (Å²) < 4.78 is 0. The van der Waals surface area contributed by atoms with E-state index in [1.165, 1.54) is 68.9 Å². The van der Waals surface area contributed by atoms with Gasteiger partial charge in [-0.15, -0.1) is 11.3 Å². The highest BCUT2D eigenvalue weighted by atomic mass is 32.1. The molecule has 104 valence electrons. The molecule has 1 aromatic rings. The number of likely N-dealkylation sites (N-methyl/N-ethyl adjacent to an activating group) is 1. The van der Waals surface area contributed by atoms with Gasteiger partial charge in [0.25, 0.3) is 0 Å². The molecule has 0 saturated carbocycles. The molecule has 1 unspecified atom stereocenters. The van der Waals surface area contributed by atoms with Crippen molar-refractivity contribution in [3.63, 3.8) is 0 Å². The first-order valence-electron chi connectivity index (χ1n) is 7.72. The summed E-state index contributed by atoms with van der Waals surface area (Å²) in [5.74, 6) is 0.787. The molecule has 19 heavy (non-hydrogen) atoms. The average molecular weight is 277 g/mol. The summed E-state index contributed by atoms with van der Waals surface area (Å²) in [5.41, 5.74) is 1.57. The van der Waals surface area contributed by atoms with Crippen molar-refractivity contribution in [1.82, 2.24) is 15.2 Å². The Morgan fingerprint density at radius 1 is 1.26 bits per heavy atom. The van der Waals surface area contributed by atoms with Gasteiger partial charge in [0.1, 0.15) is 5.01 Å². The molecule has 1 aliphatic carbocycles. The second kappa shape index (κ2) is 4.54. The third-order valence-electron chi connectivity index (χ3n) is 5.43. The monoisotopic (exact) mass is 277 g/mol. The molecule has 4 heteroatoms. The van der Waals surface area contributed by atoms with Crippen molar-refractivity contribution in [3.05, 3.63) is 15.6 Å². The van der Waals surface area contributed by atoms with Crippen molar-refractivity contribution in [2.75, 3.05) is 26.7 Å². The first-order valence-corrected chi connectivity index (χ1v) is 8.54. The van der Waals surface area contributed by atoms with E-state index in [0.717, 1.165) is 5.92 Å². The predicted octanol–water partition coefficient (Wildman–Crippen LogP) is 2.16. The third-order valence-corrected chi connectivity index (χ3v) is 6.77. The topological polar surface area (TPSA) is 28.2 Å². The van der Waals surface area contributed by atoms with Gasteiger partial charge in [-0.25, -0.2) is 4.98 Å². The van der Waals surface area contributed by atoms with Crippen LogP contribution in [0.2, 0.25) is 0 Å². The highest BCUT2D eigenvalue weighted by Gasteiger charge is 2.49. The van der Waals surface area contributed by atoms with E-state index in [1.54, 1.807) is 4.88 Å². The first kappa shape index (κ1) is 12.3. The zero-order valence-electron chi connectivity index (χ0n) is 11.7. The second-order valence-electron chi connectivity index (χ2n) is 6.37. The number of aromatic nitrogens is 1. The lowest BCUT2D eigenvalue weighted by molar-refractivity contribution is 0.00744. The smallest absolute Gasteiger partial charge is 0.115 e. The molecule has 5 rings (SSSR count). The molecule has 0 amide bonds. The Morgan fingerprint density at radius 3 is 2.68 bits per heavy atom. The minimum absolute atomic E-state index is 0.151. The van der Waals surface area contributed by atoms with E-state index in [9.17, 15) is 0 Å². The lowest BCUT2D eigenvalue weighted by Crippen LogP contribution is -2.62. The van der Waals surface area contributed by atoms with Gasteiger partial charge in [-0.1, -0.05) is 0 Å². The number of piperidine rings is 3. The molecular formula is C15H23N3S. The number of nitrogens with zero attached hydrogens (tertiary/aromatic N) is 2. The van der Waals surface area contributed by atoms with Crippen molar-refractivity contribution in [1.29, 1.82) is 0 Å². The van der Waals surface area contributed by atoms with E-state index in [-0.39, 0.29) is 5.54 Å². The summed E-state index contributed by atoms with van der Waals surface area (Å²) in [6.45, 7) is 3.75. The normalized spacial score (nSPS) is 37.3. The summed E-state index contributed by atoms with van der Waals surface area (Å²) in [5, 5.41) is 5.07. The standard InChI is InChI=1S/C15H23N3S/c1-16-15(10-18-8-6-11(15)7-9-18)14-17-12-4-2-3-5-13(12)19-14/h11,16H,2-10H2,1H3. The molecule has 0 aromatic carbocycles. The SMILES string of the molecule is CNC1(c2nc3c(s2)CCCC3)CN2CCC1CC2. The highest BCUT2D eigenvalue weighted by Crippen LogP contribution is 2.44. The molecule has 3 saturated heterocycles. The van der Waals surface area contributed by atoms with E-state index in [2.05, 4.69) is 17.3 Å². The minimum atomic E-state index is 0.151. The number of hydrogen-bond donors (Lipinski definition) is 1. The second-order valence-corrected chi connectivity index (χ2v) is 7.45. The van der Waals surface area contributed by atoms with Gasteiger partial charge in [-0.3, -0.25) is 0 Å². The predicted molar refractivity (Wildman–Crippen MR) is 78.7 cm³/mol. The fraction of sp³-hybridized carbons (Fsp3) is 0.800. The van der Waals surface area contributed by atoms with E-state index < -0.39 is 0 Å². The maximum absolute atomic E-state index is 5.07.